The minimum atomic E-state index is -0.979. The lowest BCUT2D eigenvalue weighted by atomic mass is 10.0. The molecule has 1 unspecified atom stereocenters. The van der Waals surface area contributed by atoms with Gasteiger partial charge in [-0.1, -0.05) is 13.8 Å². The Kier molecular flexibility index (Phi) is 5.28. The van der Waals surface area contributed by atoms with Gasteiger partial charge in [0, 0.05) is 24.7 Å². The van der Waals surface area contributed by atoms with Gasteiger partial charge >= 0.3 is 0 Å². The molecule has 0 aliphatic carbocycles. The van der Waals surface area contributed by atoms with E-state index in [4.69, 9.17) is 0 Å². The summed E-state index contributed by atoms with van der Waals surface area (Å²) in [7, 11) is 0. The van der Waals surface area contributed by atoms with E-state index >= 15 is 0 Å². The van der Waals surface area contributed by atoms with Gasteiger partial charge in [-0.15, -0.1) is 0 Å². The molecule has 1 N–H and O–H groups in total. The van der Waals surface area contributed by atoms with Gasteiger partial charge in [0.25, 0.3) is 5.91 Å². The van der Waals surface area contributed by atoms with Crippen LogP contribution in [0.3, 0.4) is 0 Å². The molecule has 0 aromatic heterocycles. The van der Waals surface area contributed by atoms with E-state index in [1.54, 1.807) is 4.90 Å². The number of hydrogen-bond donors (Lipinski definition) is 1. The Labute approximate surface area is 124 Å². The molecule has 3 nitrogen and oxygen atoms in total. The molecule has 1 fully saturated rings. The van der Waals surface area contributed by atoms with Gasteiger partial charge in [0.2, 0.25) is 0 Å². The summed E-state index contributed by atoms with van der Waals surface area (Å²) in [5.74, 6) is -1.60. The molecular formula is C16H22F2N2O. The minimum absolute atomic E-state index is 0.207. The number of nitrogens with one attached hydrogen (secondary N) is 1. The van der Waals surface area contributed by atoms with E-state index < -0.39 is 11.6 Å². The Morgan fingerprint density at radius 1 is 1.38 bits per heavy atom. The van der Waals surface area contributed by atoms with Crippen LogP contribution in [-0.2, 0) is 0 Å². The van der Waals surface area contributed by atoms with Crippen LogP contribution < -0.4 is 5.32 Å². The molecule has 1 amide bonds. The Balaban J connectivity index is 2.10. The fourth-order valence-corrected chi connectivity index (χ4v) is 2.72. The van der Waals surface area contributed by atoms with Crippen LogP contribution in [0.2, 0.25) is 0 Å². The summed E-state index contributed by atoms with van der Waals surface area (Å²) in [6.45, 7) is 6.41. The average Bonchev–Trinajstić information content (AvgIpc) is 2.66. The second-order valence-corrected chi connectivity index (χ2v) is 6.01. The molecule has 1 aromatic rings. The molecule has 116 valence electrons. The first-order valence-corrected chi connectivity index (χ1v) is 7.45. The molecule has 2 rings (SSSR count). The summed E-state index contributed by atoms with van der Waals surface area (Å²) < 4.78 is 26.2. The second-order valence-electron chi connectivity index (χ2n) is 6.01. The van der Waals surface area contributed by atoms with E-state index in [9.17, 15) is 13.6 Å². The van der Waals surface area contributed by atoms with Crippen LogP contribution in [0.5, 0.6) is 0 Å². The molecule has 1 aliphatic rings. The zero-order chi connectivity index (χ0) is 15.4. The number of halogens is 2. The van der Waals surface area contributed by atoms with Gasteiger partial charge in [-0.3, -0.25) is 4.79 Å². The van der Waals surface area contributed by atoms with Crippen molar-refractivity contribution in [1.82, 2.24) is 10.2 Å². The monoisotopic (exact) mass is 296 g/mol. The molecule has 1 aliphatic heterocycles. The standard InChI is InChI=1S/C16H22F2N2O/c1-11(2)8-13-10-20(7-3-6-19-13)16(21)12-4-5-14(17)15(18)9-12/h4-5,9,11,13,19H,3,6-8,10H2,1-2H3. The number of carbonyl (C=O) groups is 1. The van der Waals surface area contributed by atoms with E-state index in [1.807, 2.05) is 0 Å². The Hall–Kier alpha value is -1.49. The Morgan fingerprint density at radius 3 is 2.81 bits per heavy atom. The van der Waals surface area contributed by atoms with Crippen molar-refractivity contribution >= 4 is 5.91 Å². The van der Waals surface area contributed by atoms with Gasteiger partial charge in [0.05, 0.1) is 0 Å². The lowest BCUT2D eigenvalue weighted by molar-refractivity contribution is 0.0748. The highest BCUT2D eigenvalue weighted by Gasteiger charge is 2.23. The molecule has 1 saturated heterocycles. The molecule has 0 saturated carbocycles. The van der Waals surface area contributed by atoms with E-state index in [2.05, 4.69) is 19.2 Å². The van der Waals surface area contributed by atoms with Crippen LogP contribution in [-0.4, -0.2) is 36.5 Å². The third-order valence-corrected chi connectivity index (χ3v) is 3.69. The lowest BCUT2D eigenvalue weighted by Gasteiger charge is -2.25. The molecule has 1 atom stereocenters. The first kappa shape index (κ1) is 15.9. The van der Waals surface area contributed by atoms with Crippen LogP contribution in [0, 0.1) is 17.6 Å². The Bertz CT molecular complexity index is 505. The summed E-state index contributed by atoms with van der Waals surface area (Å²) in [6.07, 6.45) is 1.85. The highest BCUT2D eigenvalue weighted by Crippen LogP contribution is 2.15. The summed E-state index contributed by atoms with van der Waals surface area (Å²) >= 11 is 0. The Morgan fingerprint density at radius 2 is 2.14 bits per heavy atom. The number of nitrogens with zero attached hydrogens (tertiary/aromatic N) is 1. The van der Waals surface area contributed by atoms with Crippen molar-refractivity contribution < 1.29 is 13.6 Å². The summed E-state index contributed by atoms with van der Waals surface area (Å²) in [6, 6.07) is 3.58. The first-order valence-electron chi connectivity index (χ1n) is 7.45. The van der Waals surface area contributed by atoms with Crippen LogP contribution in [0.4, 0.5) is 8.78 Å². The van der Waals surface area contributed by atoms with Crippen LogP contribution in [0.25, 0.3) is 0 Å². The SMILES string of the molecule is CC(C)CC1CN(C(=O)c2ccc(F)c(F)c2)CCCN1. The molecular weight excluding hydrogens is 274 g/mol. The number of hydrogen-bond acceptors (Lipinski definition) is 2. The topological polar surface area (TPSA) is 32.3 Å². The van der Waals surface area contributed by atoms with Crippen molar-refractivity contribution in [1.29, 1.82) is 0 Å². The predicted octanol–water partition coefficient (Wildman–Crippen LogP) is 2.82. The van der Waals surface area contributed by atoms with Crippen LogP contribution >= 0.6 is 0 Å². The van der Waals surface area contributed by atoms with Gasteiger partial charge in [-0.2, -0.15) is 0 Å². The number of rotatable bonds is 3. The molecule has 21 heavy (non-hydrogen) atoms. The number of amides is 1. The van der Waals surface area contributed by atoms with Gasteiger partial charge < -0.3 is 10.2 Å². The second kappa shape index (κ2) is 6.98. The molecule has 0 radical (unpaired) electrons. The maximum atomic E-state index is 13.3. The maximum absolute atomic E-state index is 13.3. The van der Waals surface area contributed by atoms with Gasteiger partial charge in [0.15, 0.2) is 11.6 Å². The van der Waals surface area contributed by atoms with Gasteiger partial charge in [-0.05, 0) is 43.5 Å². The predicted molar refractivity (Wildman–Crippen MR) is 78.1 cm³/mol. The third kappa shape index (κ3) is 4.24. The first-order chi connectivity index (χ1) is 9.97. The molecule has 0 spiro atoms. The molecule has 0 bridgehead atoms. The van der Waals surface area contributed by atoms with Crippen LogP contribution in [0.1, 0.15) is 37.0 Å². The van der Waals surface area contributed by atoms with Crippen molar-refractivity contribution in [3.63, 3.8) is 0 Å². The molecule has 1 aromatic carbocycles. The zero-order valence-electron chi connectivity index (χ0n) is 12.5. The minimum Gasteiger partial charge on any atom is -0.337 e. The summed E-state index contributed by atoms with van der Waals surface area (Å²) in [5.41, 5.74) is 0.207. The quantitative estimate of drug-likeness (QED) is 0.930. The van der Waals surface area contributed by atoms with E-state index in [0.717, 1.165) is 31.5 Å². The van der Waals surface area contributed by atoms with E-state index in [-0.39, 0.29) is 17.5 Å². The highest BCUT2D eigenvalue weighted by molar-refractivity contribution is 5.94. The maximum Gasteiger partial charge on any atom is 0.254 e. The van der Waals surface area contributed by atoms with Crippen molar-refractivity contribution in [2.75, 3.05) is 19.6 Å². The third-order valence-electron chi connectivity index (χ3n) is 3.69. The largest absolute Gasteiger partial charge is 0.337 e. The van der Waals surface area contributed by atoms with Crippen molar-refractivity contribution in [2.24, 2.45) is 5.92 Å². The fourth-order valence-electron chi connectivity index (χ4n) is 2.72. The van der Waals surface area contributed by atoms with E-state index in [1.165, 1.54) is 6.07 Å². The number of benzene rings is 1. The smallest absolute Gasteiger partial charge is 0.254 e. The summed E-state index contributed by atoms with van der Waals surface area (Å²) in [4.78, 5) is 14.2. The number of carbonyl (C=O) groups excluding carboxylic acids is 1. The van der Waals surface area contributed by atoms with E-state index in [0.29, 0.717) is 19.0 Å². The summed E-state index contributed by atoms with van der Waals surface area (Å²) in [5, 5.41) is 3.44. The van der Waals surface area contributed by atoms with Crippen molar-refractivity contribution in [3.05, 3.63) is 35.4 Å². The van der Waals surface area contributed by atoms with Gasteiger partial charge in [-0.25, -0.2) is 8.78 Å². The molecule has 5 heteroatoms. The lowest BCUT2D eigenvalue weighted by Crippen LogP contribution is -2.41. The van der Waals surface area contributed by atoms with Crippen molar-refractivity contribution in [2.45, 2.75) is 32.7 Å². The average molecular weight is 296 g/mol. The van der Waals surface area contributed by atoms with Crippen molar-refractivity contribution in [3.8, 4) is 0 Å². The zero-order valence-corrected chi connectivity index (χ0v) is 12.5. The highest BCUT2D eigenvalue weighted by atomic mass is 19.2. The molecule has 1 heterocycles. The van der Waals surface area contributed by atoms with Gasteiger partial charge in [0.1, 0.15) is 0 Å². The van der Waals surface area contributed by atoms with Crippen LogP contribution in [0.15, 0.2) is 18.2 Å². The fraction of sp³-hybridized carbons (Fsp3) is 0.562. The normalized spacial score (nSPS) is 19.7.